The summed E-state index contributed by atoms with van der Waals surface area (Å²) in [5.74, 6) is 0. The SMILES string of the molecule is Cc1ccc(C2=CC3CCCC(C2)N3Cc2ccccc2)cc1. The largest absolute Gasteiger partial charge is 0.289 e. The lowest BCUT2D eigenvalue weighted by Gasteiger charge is -2.45. The zero-order valence-electron chi connectivity index (χ0n) is 13.9. The first-order valence-electron chi connectivity index (χ1n) is 8.87. The van der Waals surface area contributed by atoms with Crippen molar-refractivity contribution in [3.63, 3.8) is 0 Å². The highest BCUT2D eigenvalue weighted by atomic mass is 15.2. The van der Waals surface area contributed by atoms with Crippen LogP contribution in [0.3, 0.4) is 0 Å². The van der Waals surface area contributed by atoms with Crippen LogP contribution in [0.1, 0.15) is 42.4 Å². The molecule has 1 saturated heterocycles. The molecular formula is C22H25N. The highest BCUT2D eigenvalue weighted by molar-refractivity contribution is 5.68. The summed E-state index contributed by atoms with van der Waals surface area (Å²) in [6.45, 7) is 3.25. The maximum Gasteiger partial charge on any atom is 0.0290 e. The van der Waals surface area contributed by atoms with Crippen LogP contribution in [0, 0.1) is 6.92 Å². The summed E-state index contributed by atoms with van der Waals surface area (Å²) in [5, 5.41) is 0. The molecule has 1 fully saturated rings. The highest BCUT2D eigenvalue weighted by Gasteiger charge is 2.33. The van der Waals surface area contributed by atoms with Gasteiger partial charge in [0.2, 0.25) is 0 Å². The van der Waals surface area contributed by atoms with Crippen LogP contribution < -0.4 is 0 Å². The Hall–Kier alpha value is -1.86. The minimum absolute atomic E-state index is 0.610. The summed E-state index contributed by atoms with van der Waals surface area (Å²) >= 11 is 0. The highest BCUT2D eigenvalue weighted by Crippen LogP contribution is 2.37. The van der Waals surface area contributed by atoms with Gasteiger partial charge >= 0.3 is 0 Å². The number of hydrogen-bond acceptors (Lipinski definition) is 1. The smallest absolute Gasteiger partial charge is 0.0290 e. The molecule has 2 bridgehead atoms. The summed E-state index contributed by atoms with van der Waals surface area (Å²) in [6.07, 6.45) is 7.76. The molecule has 0 radical (unpaired) electrons. The Morgan fingerprint density at radius 2 is 1.74 bits per heavy atom. The molecule has 2 atom stereocenters. The van der Waals surface area contributed by atoms with E-state index < -0.39 is 0 Å². The number of aryl methyl sites for hydroxylation is 1. The molecule has 2 aliphatic rings. The minimum Gasteiger partial charge on any atom is -0.289 e. The average Bonchev–Trinajstić information content (AvgIpc) is 2.56. The van der Waals surface area contributed by atoms with Crippen molar-refractivity contribution in [3.8, 4) is 0 Å². The van der Waals surface area contributed by atoms with E-state index >= 15 is 0 Å². The van der Waals surface area contributed by atoms with Crippen LogP contribution in [0.4, 0.5) is 0 Å². The Labute approximate surface area is 139 Å². The van der Waals surface area contributed by atoms with Crippen molar-refractivity contribution >= 4 is 5.57 Å². The van der Waals surface area contributed by atoms with Crippen molar-refractivity contribution in [2.24, 2.45) is 0 Å². The molecule has 0 amide bonds. The molecule has 2 heterocycles. The fourth-order valence-corrected chi connectivity index (χ4v) is 4.14. The molecule has 0 aromatic heterocycles. The molecule has 1 heteroatoms. The van der Waals surface area contributed by atoms with Gasteiger partial charge in [0.15, 0.2) is 0 Å². The first kappa shape index (κ1) is 14.7. The van der Waals surface area contributed by atoms with Gasteiger partial charge in [-0.15, -0.1) is 0 Å². The van der Waals surface area contributed by atoms with Crippen molar-refractivity contribution in [1.82, 2.24) is 4.90 Å². The Kier molecular flexibility index (Phi) is 4.05. The molecule has 0 spiro atoms. The summed E-state index contributed by atoms with van der Waals surface area (Å²) in [7, 11) is 0. The van der Waals surface area contributed by atoms with Crippen LogP contribution in [0.25, 0.3) is 5.57 Å². The Morgan fingerprint density at radius 1 is 0.957 bits per heavy atom. The van der Waals surface area contributed by atoms with E-state index in [2.05, 4.69) is 72.5 Å². The third kappa shape index (κ3) is 3.11. The van der Waals surface area contributed by atoms with Crippen molar-refractivity contribution in [2.45, 2.75) is 51.2 Å². The first-order valence-corrected chi connectivity index (χ1v) is 8.87. The molecule has 118 valence electrons. The molecule has 2 unspecified atom stereocenters. The van der Waals surface area contributed by atoms with Crippen molar-refractivity contribution in [2.75, 3.05) is 0 Å². The van der Waals surface area contributed by atoms with Crippen LogP contribution >= 0.6 is 0 Å². The standard InChI is InChI=1S/C22H25N/c1-17-10-12-19(13-11-17)20-14-21-8-5-9-22(15-20)23(21)16-18-6-3-2-4-7-18/h2-4,6-7,10-14,21-22H,5,8-9,15-16H2,1H3. The van der Waals surface area contributed by atoms with Gasteiger partial charge in [0.25, 0.3) is 0 Å². The van der Waals surface area contributed by atoms with E-state index in [9.17, 15) is 0 Å². The van der Waals surface area contributed by atoms with Gasteiger partial charge in [-0.3, -0.25) is 4.90 Å². The Morgan fingerprint density at radius 3 is 2.48 bits per heavy atom. The molecular weight excluding hydrogens is 278 g/mol. The number of piperidine rings is 1. The molecule has 2 aliphatic heterocycles. The lowest BCUT2D eigenvalue weighted by Crippen LogP contribution is -2.47. The van der Waals surface area contributed by atoms with E-state index in [1.807, 2.05) is 0 Å². The van der Waals surface area contributed by atoms with E-state index in [0.717, 1.165) is 6.54 Å². The first-order chi connectivity index (χ1) is 11.3. The van der Waals surface area contributed by atoms with Crippen molar-refractivity contribution in [3.05, 3.63) is 77.4 Å². The topological polar surface area (TPSA) is 3.24 Å². The maximum atomic E-state index is 2.73. The maximum absolute atomic E-state index is 2.73. The molecule has 2 aromatic carbocycles. The van der Waals surface area contributed by atoms with Crippen LogP contribution in [-0.2, 0) is 6.54 Å². The average molecular weight is 303 g/mol. The molecule has 1 nitrogen and oxygen atoms in total. The zero-order valence-corrected chi connectivity index (χ0v) is 13.9. The normalized spacial score (nSPS) is 24.3. The van der Waals surface area contributed by atoms with Crippen LogP contribution in [0.5, 0.6) is 0 Å². The second-order valence-electron chi connectivity index (χ2n) is 7.07. The number of benzene rings is 2. The Balaban J connectivity index is 1.59. The van der Waals surface area contributed by atoms with Gasteiger partial charge in [-0.25, -0.2) is 0 Å². The minimum atomic E-state index is 0.610. The van der Waals surface area contributed by atoms with Crippen LogP contribution in [0.15, 0.2) is 60.7 Å². The van der Waals surface area contributed by atoms with E-state index in [1.165, 1.54) is 42.4 Å². The monoisotopic (exact) mass is 303 g/mol. The lowest BCUT2D eigenvalue weighted by atomic mass is 9.82. The van der Waals surface area contributed by atoms with Crippen LogP contribution in [-0.4, -0.2) is 17.0 Å². The second kappa shape index (κ2) is 6.33. The van der Waals surface area contributed by atoms with E-state index in [-0.39, 0.29) is 0 Å². The predicted octanol–water partition coefficient (Wildman–Crippen LogP) is 5.21. The molecule has 0 aliphatic carbocycles. The van der Waals surface area contributed by atoms with Gasteiger partial charge in [-0.05, 0) is 42.9 Å². The van der Waals surface area contributed by atoms with Gasteiger partial charge < -0.3 is 0 Å². The summed E-state index contributed by atoms with van der Waals surface area (Å²) in [5.41, 5.74) is 5.77. The quantitative estimate of drug-likeness (QED) is 0.753. The van der Waals surface area contributed by atoms with E-state index in [4.69, 9.17) is 0 Å². The van der Waals surface area contributed by atoms with Crippen molar-refractivity contribution in [1.29, 1.82) is 0 Å². The zero-order chi connectivity index (χ0) is 15.6. The number of hydrogen-bond donors (Lipinski definition) is 0. The molecule has 0 N–H and O–H groups in total. The predicted molar refractivity (Wildman–Crippen MR) is 97.2 cm³/mol. The van der Waals surface area contributed by atoms with Gasteiger partial charge in [0.05, 0.1) is 0 Å². The fourth-order valence-electron chi connectivity index (χ4n) is 4.14. The van der Waals surface area contributed by atoms with Gasteiger partial charge in [-0.2, -0.15) is 0 Å². The van der Waals surface area contributed by atoms with Crippen LogP contribution in [0.2, 0.25) is 0 Å². The fraction of sp³-hybridized carbons (Fsp3) is 0.364. The van der Waals surface area contributed by atoms with Gasteiger partial charge in [-0.1, -0.05) is 72.7 Å². The van der Waals surface area contributed by atoms with Crippen molar-refractivity contribution < 1.29 is 0 Å². The number of nitrogens with zero attached hydrogens (tertiary/aromatic N) is 1. The Bertz CT molecular complexity index is 684. The summed E-state index contributed by atoms with van der Waals surface area (Å²) < 4.78 is 0. The number of fused-ring (bicyclic) bond motifs is 2. The summed E-state index contributed by atoms with van der Waals surface area (Å²) in [6, 6.07) is 21.3. The molecule has 23 heavy (non-hydrogen) atoms. The summed E-state index contributed by atoms with van der Waals surface area (Å²) in [4.78, 5) is 2.73. The lowest BCUT2D eigenvalue weighted by molar-refractivity contribution is 0.0951. The van der Waals surface area contributed by atoms with Gasteiger partial charge in [0.1, 0.15) is 0 Å². The third-order valence-electron chi connectivity index (χ3n) is 5.41. The van der Waals surface area contributed by atoms with E-state index in [0.29, 0.717) is 12.1 Å². The molecule has 2 aromatic rings. The van der Waals surface area contributed by atoms with Gasteiger partial charge in [0, 0.05) is 18.6 Å². The molecule has 4 rings (SSSR count). The second-order valence-corrected chi connectivity index (χ2v) is 7.07. The molecule has 0 saturated carbocycles. The number of rotatable bonds is 3. The third-order valence-corrected chi connectivity index (χ3v) is 5.41. The van der Waals surface area contributed by atoms with E-state index in [1.54, 1.807) is 5.57 Å².